The van der Waals surface area contributed by atoms with Gasteiger partial charge in [-0.3, -0.25) is 4.79 Å². The highest BCUT2D eigenvalue weighted by molar-refractivity contribution is 5.78. The smallest absolute Gasteiger partial charge is 0.253 e. The molecular formula is C19H19FN4O2. The molecular weight excluding hydrogens is 335 g/mol. The molecule has 7 heteroatoms. The molecule has 1 aromatic carbocycles. The van der Waals surface area contributed by atoms with Crippen LogP contribution in [-0.4, -0.2) is 28.2 Å². The molecule has 26 heavy (non-hydrogen) atoms. The summed E-state index contributed by atoms with van der Waals surface area (Å²) in [5.74, 6) is 1.27. The molecule has 2 N–H and O–H groups in total. The number of benzene rings is 1. The topological polar surface area (TPSA) is 79.9 Å². The quantitative estimate of drug-likeness (QED) is 0.753. The Morgan fingerprint density at radius 3 is 3.00 bits per heavy atom. The van der Waals surface area contributed by atoms with E-state index in [1.807, 2.05) is 13.0 Å². The van der Waals surface area contributed by atoms with Crippen LogP contribution in [0.5, 0.6) is 0 Å². The fourth-order valence-electron chi connectivity index (χ4n) is 3.19. The third-order valence-electron chi connectivity index (χ3n) is 4.55. The van der Waals surface area contributed by atoms with Crippen LogP contribution in [-0.2, 0) is 11.3 Å². The van der Waals surface area contributed by atoms with Crippen LogP contribution in [0.1, 0.15) is 29.4 Å². The van der Waals surface area contributed by atoms with Crippen LogP contribution in [0, 0.1) is 12.7 Å². The maximum atomic E-state index is 13.3. The fraction of sp³-hybridized carbons (Fsp3) is 0.316. The van der Waals surface area contributed by atoms with Crippen molar-refractivity contribution in [2.45, 2.75) is 25.8 Å². The summed E-state index contributed by atoms with van der Waals surface area (Å²) < 4.78 is 18.7. The number of rotatable bonds is 4. The summed E-state index contributed by atoms with van der Waals surface area (Å²) >= 11 is 0. The van der Waals surface area contributed by atoms with Crippen LogP contribution < -0.4 is 10.9 Å². The monoisotopic (exact) mass is 354 g/mol. The minimum absolute atomic E-state index is 0.245. The minimum Gasteiger partial charge on any atom is -0.381 e. The molecule has 1 atom stereocenters. The van der Waals surface area contributed by atoms with Gasteiger partial charge in [0, 0.05) is 30.7 Å². The second-order valence-corrected chi connectivity index (χ2v) is 6.49. The summed E-state index contributed by atoms with van der Waals surface area (Å²) in [6.45, 7) is 3.60. The van der Waals surface area contributed by atoms with E-state index in [2.05, 4.69) is 20.3 Å². The second kappa shape index (κ2) is 6.84. The largest absolute Gasteiger partial charge is 0.381 e. The number of aromatic amines is 1. The number of hydrogen-bond acceptors (Lipinski definition) is 5. The van der Waals surface area contributed by atoms with Gasteiger partial charge in [0.25, 0.3) is 5.56 Å². The predicted octanol–water partition coefficient (Wildman–Crippen LogP) is 2.88. The summed E-state index contributed by atoms with van der Waals surface area (Å²) in [7, 11) is 0. The van der Waals surface area contributed by atoms with Crippen LogP contribution in [0.2, 0.25) is 0 Å². The van der Waals surface area contributed by atoms with Gasteiger partial charge in [0.1, 0.15) is 17.5 Å². The molecule has 134 valence electrons. The molecule has 0 aliphatic carbocycles. The Morgan fingerprint density at radius 1 is 1.31 bits per heavy atom. The molecule has 0 amide bonds. The zero-order valence-electron chi connectivity index (χ0n) is 14.4. The normalized spacial score (nSPS) is 16.9. The number of ether oxygens (including phenoxy) is 1. The molecule has 1 aliphatic heterocycles. The van der Waals surface area contributed by atoms with Crippen LogP contribution in [0.15, 0.2) is 35.1 Å². The number of nitrogens with zero attached hydrogens (tertiary/aromatic N) is 2. The number of hydrogen-bond donors (Lipinski definition) is 2. The molecule has 4 rings (SSSR count). The Kier molecular flexibility index (Phi) is 4.38. The maximum absolute atomic E-state index is 13.3. The van der Waals surface area contributed by atoms with Gasteiger partial charge in [0.15, 0.2) is 0 Å². The van der Waals surface area contributed by atoms with Crippen molar-refractivity contribution in [2.24, 2.45) is 0 Å². The zero-order chi connectivity index (χ0) is 18.1. The molecule has 0 radical (unpaired) electrons. The van der Waals surface area contributed by atoms with Crippen molar-refractivity contribution >= 4 is 16.7 Å². The highest BCUT2D eigenvalue weighted by atomic mass is 19.1. The molecule has 0 spiro atoms. The van der Waals surface area contributed by atoms with Crippen LogP contribution in [0.4, 0.5) is 10.2 Å². The van der Waals surface area contributed by atoms with E-state index in [4.69, 9.17) is 4.74 Å². The predicted molar refractivity (Wildman–Crippen MR) is 96.8 cm³/mol. The van der Waals surface area contributed by atoms with Crippen molar-refractivity contribution in [1.29, 1.82) is 0 Å². The van der Waals surface area contributed by atoms with E-state index in [0.717, 1.165) is 24.1 Å². The zero-order valence-corrected chi connectivity index (χ0v) is 14.4. The maximum Gasteiger partial charge on any atom is 0.253 e. The van der Waals surface area contributed by atoms with Gasteiger partial charge in [0.2, 0.25) is 0 Å². The first-order valence-corrected chi connectivity index (χ1v) is 8.57. The van der Waals surface area contributed by atoms with E-state index < -0.39 is 0 Å². The third kappa shape index (κ3) is 3.43. The number of nitrogens with one attached hydrogen (secondary N) is 2. The fourth-order valence-corrected chi connectivity index (χ4v) is 3.19. The number of pyridine rings is 1. The van der Waals surface area contributed by atoms with E-state index in [1.165, 1.54) is 12.1 Å². The van der Waals surface area contributed by atoms with E-state index in [-0.39, 0.29) is 17.3 Å². The minimum atomic E-state index is -0.376. The molecule has 1 fully saturated rings. The average Bonchev–Trinajstić information content (AvgIpc) is 3.14. The van der Waals surface area contributed by atoms with Crippen molar-refractivity contribution in [3.63, 3.8) is 0 Å². The van der Waals surface area contributed by atoms with Crippen molar-refractivity contribution < 1.29 is 9.13 Å². The summed E-state index contributed by atoms with van der Waals surface area (Å²) in [5, 5.41) is 3.98. The molecule has 1 aliphatic rings. The molecule has 1 unspecified atom stereocenters. The van der Waals surface area contributed by atoms with E-state index in [1.54, 1.807) is 12.1 Å². The number of fused-ring (bicyclic) bond motifs is 1. The summed E-state index contributed by atoms with van der Waals surface area (Å²) in [6.07, 6.45) is 0.955. The number of anilines is 1. The Labute approximate surface area is 149 Å². The van der Waals surface area contributed by atoms with Crippen LogP contribution in [0.25, 0.3) is 10.9 Å². The number of H-pyrrole nitrogens is 1. The first-order chi connectivity index (χ1) is 12.6. The van der Waals surface area contributed by atoms with E-state index >= 15 is 0 Å². The molecule has 0 bridgehead atoms. The SMILES string of the molecule is Cc1nc(NCc2cc3ccc(F)cc3[nH]c2=O)cc(C2CCOC2)n1. The lowest BCUT2D eigenvalue weighted by atomic mass is 10.0. The number of aromatic nitrogens is 3. The third-order valence-corrected chi connectivity index (χ3v) is 4.55. The van der Waals surface area contributed by atoms with Gasteiger partial charge in [-0.1, -0.05) is 0 Å². The molecule has 1 saturated heterocycles. The van der Waals surface area contributed by atoms with Gasteiger partial charge < -0.3 is 15.0 Å². The molecule has 2 aromatic heterocycles. The van der Waals surface area contributed by atoms with E-state index in [0.29, 0.717) is 35.9 Å². The number of aryl methyl sites for hydroxylation is 1. The van der Waals surface area contributed by atoms with Gasteiger partial charge in [0.05, 0.1) is 17.8 Å². The first kappa shape index (κ1) is 16.7. The molecule has 3 aromatic rings. The van der Waals surface area contributed by atoms with E-state index in [9.17, 15) is 9.18 Å². The highest BCUT2D eigenvalue weighted by Crippen LogP contribution is 2.25. The van der Waals surface area contributed by atoms with Crippen LogP contribution >= 0.6 is 0 Å². The lowest BCUT2D eigenvalue weighted by molar-refractivity contribution is 0.193. The van der Waals surface area contributed by atoms with Crippen molar-refractivity contribution in [1.82, 2.24) is 15.0 Å². The Hall–Kier alpha value is -2.80. The highest BCUT2D eigenvalue weighted by Gasteiger charge is 2.20. The Bertz CT molecular complexity index is 1010. The molecule has 3 heterocycles. The number of halogens is 1. The van der Waals surface area contributed by atoms with Gasteiger partial charge >= 0.3 is 0 Å². The lowest BCUT2D eigenvalue weighted by Crippen LogP contribution is -2.16. The Balaban J connectivity index is 1.57. The standard InChI is InChI=1S/C19H19FN4O2/c1-11-22-17(13-4-5-26-10-13)8-18(23-11)21-9-14-6-12-2-3-15(20)7-16(12)24-19(14)25/h2-3,6-8,13H,4-5,9-10H2,1H3,(H,24,25)(H,21,22,23). The van der Waals surface area contributed by atoms with Gasteiger partial charge in [-0.25, -0.2) is 14.4 Å². The van der Waals surface area contributed by atoms with Crippen molar-refractivity contribution in [2.75, 3.05) is 18.5 Å². The van der Waals surface area contributed by atoms with Gasteiger partial charge in [-0.15, -0.1) is 0 Å². The van der Waals surface area contributed by atoms with Gasteiger partial charge in [-0.2, -0.15) is 0 Å². The second-order valence-electron chi connectivity index (χ2n) is 6.49. The van der Waals surface area contributed by atoms with Crippen molar-refractivity contribution in [3.05, 3.63) is 63.6 Å². The lowest BCUT2D eigenvalue weighted by Gasteiger charge is -2.12. The average molecular weight is 354 g/mol. The summed E-state index contributed by atoms with van der Waals surface area (Å²) in [4.78, 5) is 23.9. The summed E-state index contributed by atoms with van der Waals surface area (Å²) in [5.41, 5.74) is 1.76. The van der Waals surface area contributed by atoms with Crippen LogP contribution in [0.3, 0.4) is 0 Å². The first-order valence-electron chi connectivity index (χ1n) is 8.57. The van der Waals surface area contributed by atoms with Gasteiger partial charge in [-0.05, 0) is 43.0 Å². The van der Waals surface area contributed by atoms with Crippen molar-refractivity contribution in [3.8, 4) is 0 Å². The summed E-state index contributed by atoms with van der Waals surface area (Å²) in [6, 6.07) is 8.02. The molecule has 0 saturated carbocycles. The Morgan fingerprint density at radius 2 is 2.19 bits per heavy atom. The molecule has 6 nitrogen and oxygen atoms in total.